The fraction of sp³-hybridized carbons (Fsp3) is 0.700. The van der Waals surface area contributed by atoms with Crippen LogP contribution in [-0.2, 0) is 29.5 Å². The number of aliphatic hydroxyl groups is 2. The number of benzene rings is 1. The average Bonchev–Trinajstić information content (AvgIpc) is 3.28. The van der Waals surface area contributed by atoms with Crippen molar-refractivity contribution >= 4 is 57.5 Å². The topological polar surface area (TPSA) is 49.7 Å². The summed E-state index contributed by atoms with van der Waals surface area (Å²) in [6.07, 6.45) is 2.67. The van der Waals surface area contributed by atoms with Crippen LogP contribution in [0.5, 0.6) is 0 Å². The maximum atomic E-state index is 6.04. The molecular formula is C20H35Cl3CrO5P2+3. The second-order valence-corrected chi connectivity index (χ2v) is 18.9. The molecule has 1 aromatic rings. The van der Waals surface area contributed by atoms with Crippen LogP contribution in [0, 0.1) is 10.8 Å². The Morgan fingerprint density at radius 2 is 1.06 bits per heavy atom. The van der Waals surface area contributed by atoms with Gasteiger partial charge in [0.15, 0.2) is 10.6 Å². The normalized spacial score (nSPS) is 23.5. The molecule has 3 heterocycles. The summed E-state index contributed by atoms with van der Waals surface area (Å²) in [7, 11) is 11.9. The van der Waals surface area contributed by atoms with E-state index in [2.05, 4.69) is 44.6 Å². The standard InChI is InChI=1S/C16H24O4P2.C4H8O.3ClH.Cr/c1-15(2)9-17-21(18-10-15)13-7-5-6-8-14(13)22-19-11-16(3,4)12-20-22;1-2-4-5-3-1;;;;/h5-8H,9-12H2,1-4H3;1-4H2;3*1H;/q;;;;;+3. The van der Waals surface area contributed by atoms with Gasteiger partial charge in [0.2, 0.25) is 0 Å². The van der Waals surface area contributed by atoms with Gasteiger partial charge >= 0.3 is 41.5 Å². The first-order valence-corrected chi connectivity index (χ1v) is 18.2. The van der Waals surface area contributed by atoms with Crippen LogP contribution in [0.4, 0.5) is 0 Å². The zero-order chi connectivity index (χ0) is 22.9. The third-order valence-electron chi connectivity index (χ3n) is 4.63. The Morgan fingerprint density at radius 3 is 1.32 bits per heavy atom. The quantitative estimate of drug-likeness (QED) is 0.343. The molecule has 0 spiro atoms. The molecular weight excluding hydrogens is 541 g/mol. The van der Waals surface area contributed by atoms with Gasteiger partial charge in [-0.2, -0.15) is 0 Å². The van der Waals surface area contributed by atoms with Crippen molar-refractivity contribution in [2.45, 2.75) is 40.5 Å². The van der Waals surface area contributed by atoms with Crippen molar-refractivity contribution < 1.29 is 34.2 Å². The van der Waals surface area contributed by atoms with Crippen molar-refractivity contribution in [3.63, 3.8) is 0 Å². The Bertz CT molecular complexity index is 588. The van der Waals surface area contributed by atoms with Crippen LogP contribution in [-0.4, -0.2) is 44.4 Å². The molecule has 1 aromatic carbocycles. The van der Waals surface area contributed by atoms with E-state index in [1.54, 1.807) is 0 Å². The zero-order valence-corrected chi connectivity index (χ0v) is 24.1. The molecule has 0 bridgehead atoms. The van der Waals surface area contributed by atoms with Gasteiger partial charge in [-0.3, -0.25) is 0 Å². The number of hydrogen-bond donors (Lipinski definition) is 0. The van der Waals surface area contributed by atoms with Crippen molar-refractivity contribution in [3.8, 4) is 0 Å². The van der Waals surface area contributed by atoms with Crippen LogP contribution in [0.15, 0.2) is 24.3 Å². The Hall–Kier alpha value is 1.28. The van der Waals surface area contributed by atoms with E-state index >= 15 is 0 Å². The fourth-order valence-corrected chi connectivity index (χ4v) is 7.48. The van der Waals surface area contributed by atoms with E-state index in [-0.39, 0.29) is 10.8 Å². The first-order valence-electron chi connectivity index (χ1n) is 10.3. The molecule has 3 aliphatic heterocycles. The summed E-state index contributed by atoms with van der Waals surface area (Å²) in [5.41, 5.74) is 0.193. The molecule has 3 aliphatic rings. The monoisotopic (exact) mass is 574 g/mol. The van der Waals surface area contributed by atoms with Crippen molar-refractivity contribution in [1.82, 2.24) is 0 Å². The third kappa shape index (κ3) is 11.0. The van der Waals surface area contributed by atoms with E-state index in [0.29, 0.717) is 0 Å². The SMILES string of the molecule is C1CC[OH+]C1.CC1(C)CO[PH+](c2ccccc2[PH+]2OCC(C)(C)CO2)OC1.[Cl][Cr]([Cl])[Cl]. The third-order valence-corrected chi connectivity index (χ3v) is 8.25. The number of halogens is 3. The molecule has 0 aliphatic carbocycles. The van der Waals surface area contributed by atoms with Crippen molar-refractivity contribution in [1.29, 1.82) is 0 Å². The van der Waals surface area contributed by atoms with Crippen LogP contribution < -0.4 is 10.6 Å². The molecule has 0 aromatic heterocycles. The molecule has 5 nitrogen and oxygen atoms in total. The molecule has 179 valence electrons. The van der Waals surface area contributed by atoms with Gasteiger partial charge in [0, 0.05) is 23.7 Å². The predicted molar refractivity (Wildman–Crippen MR) is 132 cm³/mol. The molecule has 3 fully saturated rings. The van der Waals surface area contributed by atoms with E-state index in [1.165, 1.54) is 12.8 Å². The molecule has 0 radical (unpaired) electrons. The van der Waals surface area contributed by atoms with E-state index in [0.717, 1.165) is 50.3 Å². The van der Waals surface area contributed by atoms with Gasteiger partial charge in [0.1, 0.15) is 39.6 Å². The number of rotatable bonds is 2. The van der Waals surface area contributed by atoms with Crippen LogP contribution >= 0.6 is 46.9 Å². The Kier molecular flexibility index (Phi) is 12.9. The van der Waals surface area contributed by atoms with E-state index < -0.39 is 28.1 Å². The van der Waals surface area contributed by atoms with Crippen LogP contribution in [0.25, 0.3) is 0 Å². The Balaban J connectivity index is 0.000000317. The minimum atomic E-state index is -1.62. The molecule has 31 heavy (non-hydrogen) atoms. The molecule has 0 atom stereocenters. The molecule has 0 unspecified atom stereocenters. The van der Waals surface area contributed by atoms with Gasteiger partial charge in [-0.1, -0.05) is 39.8 Å². The van der Waals surface area contributed by atoms with E-state index in [1.807, 2.05) is 12.1 Å². The molecule has 4 rings (SSSR count). The number of hydrogen-bond acceptors (Lipinski definition) is 4. The van der Waals surface area contributed by atoms with Gasteiger partial charge in [0.25, 0.3) is 16.8 Å². The molecule has 11 heteroatoms. The Morgan fingerprint density at radius 1 is 0.742 bits per heavy atom. The molecule has 1 N–H and O–H groups in total. The summed E-state index contributed by atoms with van der Waals surface area (Å²) >= 11 is -1.62. The first-order chi connectivity index (χ1) is 14.6. The van der Waals surface area contributed by atoms with Crippen molar-refractivity contribution in [3.05, 3.63) is 24.3 Å². The second-order valence-electron chi connectivity index (χ2n) is 9.16. The van der Waals surface area contributed by atoms with Crippen molar-refractivity contribution in [2.75, 3.05) is 39.6 Å². The van der Waals surface area contributed by atoms with Gasteiger partial charge in [-0.15, -0.1) is 0 Å². The second kappa shape index (κ2) is 14.0. The summed E-state index contributed by atoms with van der Waals surface area (Å²) in [4.78, 5) is 0. The van der Waals surface area contributed by atoms with E-state index in [9.17, 15) is 0 Å². The minimum absolute atomic E-state index is 0.0966. The fourth-order valence-electron chi connectivity index (χ4n) is 2.92. The zero-order valence-electron chi connectivity index (χ0n) is 18.6. The van der Waals surface area contributed by atoms with Gasteiger partial charge < -0.3 is 4.74 Å². The first kappa shape index (κ1) is 28.5. The maximum absolute atomic E-state index is 6.04. The molecule has 3 saturated heterocycles. The van der Waals surface area contributed by atoms with Gasteiger partial charge in [-0.25, -0.2) is 18.1 Å². The van der Waals surface area contributed by atoms with E-state index in [4.69, 9.17) is 48.2 Å². The Labute approximate surface area is 206 Å². The van der Waals surface area contributed by atoms with Gasteiger partial charge in [0.05, 0.1) is 0 Å². The van der Waals surface area contributed by atoms with Crippen LogP contribution in [0.1, 0.15) is 40.5 Å². The summed E-state index contributed by atoms with van der Waals surface area (Å²) in [5.74, 6) is 0. The molecule has 0 saturated carbocycles. The van der Waals surface area contributed by atoms with Crippen molar-refractivity contribution in [2.24, 2.45) is 10.8 Å². The predicted octanol–water partition coefficient (Wildman–Crippen LogP) is 5.55. The summed E-state index contributed by atoms with van der Waals surface area (Å²) in [5, 5.41) is 2.30. The van der Waals surface area contributed by atoms with Crippen LogP contribution in [0.3, 0.4) is 0 Å². The number of ether oxygens (including phenoxy) is 1. The summed E-state index contributed by atoms with van der Waals surface area (Å²) in [6.45, 7) is 13.9. The average molecular weight is 576 g/mol. The van der Waals surface area contributed by atoms with Crippen LogP contribution in [0.2, 0.25) is 0 Å². The summed E-state index contributed by atoms with van der Waals surface area (Å²) < 4.78 is 28.2. The van der Waals surface area contributed by atoms with Gasteiger partial charge in [-0.05, 0) is 12.1 Å². The molecule has 0 amide bonds. The summed E-state index contributed by atoms with van der Waals surface area (Å²) in [6, 6.07) is 8.29.